The Morgan fingerprint density at radius 3 is 2.28 bits per heavy atom. The zero-order valence-corrected chi connectivity index (χ0v) is 14.6. The maximum Gasteiger partial charge on any atom is 0.260 e. The number of fused-ring (bicyclic) bond motifs is 1. The number of likely N-dealkylation sites (N-methyl/N-ethyl adjacent to an activating group) is 1. The lowest BCUT2D eigenvalue weighted by Gasteiger charge is -2.23. The number of carbonyl (C=O) groups is 1. The SMILES string of the molecule is CCN(CC)CCN1C(=O)c2ccccc2C1=Nc1ccc(F)cc1. The lowest BCUT2D eigenvalue weighted by molar-refractivity contribution is 0.0849. The van der Waals surface area contributed by atoms with Gasteiger partial charge in [0.05, 0.1) is 11.3 Å². The van der Waals surface area contributed by atoms with Crippen molar-refractivity contribution in [3.8, 4) is 0 Å². The number of amidine groups is 1. The number of hydrogen-bond donors (Lipinski definition) is 0. The molecule has 1 heterocycles. The molecule has 0 bridgehead atoms. The van der Waals surface area contributed by atoms with Crippen LogP contribution >= 0.6 is 0 Å². The Bertz CT molecular complexity index is 782. The first-order valence-corrected chi connectivity index (χ1v) is 8.62. The van der Waals surface area contributed by atoms with E-state index >= 15 is 0 Å². The van der Waals surface area contributed by atoms with Crippen LogP contribution in [0.3, 0.4) is 0 Å². The van der Waals surface area contributed by atoms with Crippen LogP contribution in [0.25, 0.3) is 0 Å². The summed E-state index contributed by atoms with van der Waals surface area (Å²) < 4.78 is 13.1. The topological polar surface area (TPSA) is 35.9 Å². The Kier molecular flexibility index (Phi) is 5.24. The van der Waals surface area contributed by atoms with Gasteiger partial charge < -0.3 is 4.90 Å². The smallest absolute Gasteiger partial charge is 0.260 e. The zero-order valence-electron chi connectivity index (χ0n) is 14.6. The number of benzene rings is 2. The maximum absolute atomic E-state index is 13.1. The Morgan fingerprint density at radius 2 is 1.64 bits per heavy atom. The van der Waals surface area contributed by atoms with Crippen LogP contribution in [-0.2, 0) is 0 Å². The number of rotatable bonds is 6. The first kappa shape index (κ1) is 17.3. The fourth-order valence-corrected chi connectivity index (χ4v) is 3.00. The summed E-state index contributed by atoms with van der Waals surface area (Å²) in [5.41, 5.74) is 2.13. The van der Waals surface area contributed by atoms with Gasteiger partial charge >= 0.3 is 0 Å². The predicted octanol–water partition coefficient (Wildman–Crippen LogP) is 3.70. The highest BCUT2D eigenvalue weighted by molar-refractivity contribution is 6.23. The highest BCUT2D eigenvalue weighted by Gasteiger charge is 2.33. The van der Waals surface area contributed by atoms with E-state index in [4.69, 9.17) is 0 Å². The summed E-state index contributed by atoms with van der Waals surface area (Å²) in [6, 6.07) is 13.5. The van der Waals surface area contributed by atoms with Crippen molar-refractivity contribution in [2.45, 2.75) is 13.8 Å². The van der Waals surface area contributed by atoms with Crippen molar-refractivity contribution in [2.24, 2.45) is 4.99 Å². The van der Waals surface area contributed by atoms with Crippen LogP contribution in [0.1, 0.15) is 29.8 Å². The molecule has 1 amide bonds. The zero-order chi connectivity index (χ0) is 17.8. The minimum Gasteiger partial charge on any atom is -0.302 e. The van der Waals surface area contributed by atoms with Crippen LogP contribution in [-0.4, -0.2) is 47.7 Å². The van der Waals surface area contributed by atoms with Gasteiger partial charge in [-0.3, -0.25) is 9.69 Å². The molecule has 2 aromatic rings. The third-order valence-corrected chi connectivity index (χ3v) is 4.50. The normalized spacial score (nSPS) is 15.3. The molecule has 1 aliphatic rings. The first-order chi connectivity index (χ1) is 12.1. The summed E-state index contributed by atoms with van der Waals surface area (Å²) >= 11 is 0. The summed E-state index contributed by atoms with van der Waals surface area (Å²) in [4.78, 5) is 21.4. The molecule has 0 saturated carbocycles. The van der Waals surface area contributed by atoms with E-state index in [0.717, 1.165) is 25.2 Å². The van der Waals surface area contributed by atoms with Crippen LogP contribution in [0.4, 0.5) is 10.1 Å². The van der Waals surface area contributed by atoms with Crippen LogP contribution in [0.15, 0.2) is 53.5 Å². The second-order valence-corrected chi connectivity index (χ2v) is 5.94. The molecule has 2 aromatic carbocycles. The number of nitrogens with zero attached hydrogens (tertiary/aromatic N) is 3. The van der Waals surface area contributed by atoms with E-state index in [1.54, 1.807) is 17.0 Å². The molecule has 0 aliphatic carbocycles. The molecule has 0 radical (unpaired) electrons. The van der Waals surface area contributed by atoms with E-state index in [9.17, 15) is 9.18 Å². The second kappa shape index (κ2) is 7.57. The number of halogens is 1. The number of aliphatic imine (C=N–C) groups is 1. The molecule has 130 valence electrons. The third kappa shape index (κ3) is 3.61. The summed E-state index contributed by atoms with van der Waals surface area (Å²) in [7, 11) is 0. The van der Waals surface area contributed by atoms with Crippen molar-refractivity contribution in [3.63, 3.8) is 0 Å². The molecule has 0 saturated heterocycles. The average molecular weight is 339 g/mol. The molecule has 25 heavy (non-hydrogen) atoms. The van der Waals surface area contributed by atoms with Crippen molar-refractivity contribution in [3.05, 3.63) is 65.5 Å². The highest BCUT2D eigenvalue weighted by Crippen LogP contribution is 2.26. The van der Waals surface area contributed by atoms with Crippen molar-refractivity contribution in [1.29, 1.82) is 0 Å². The number of amides is 1. The van der Waals surface area contributed by atoms with Gasteiger partial charge in [0, 0.05) is 18.7 Å². The second-order valence-electron chi connectivity index (χ2n) is 5.94. The Morgan fingerprint density at radius 1 is 1.00 bits per heavy atom. The van der Waals surface area contributed by atoms with Crippen LogP contribution in [0.2, 0.25) is 0 Å². The maximum atomic E-state index is 13.1. The van der Waals surface area contributed by atoms with Gasteiger partial charge in [-0.1, -0.05) is 32.0 Å². The Balaban J connectivity index is 1.95. The van der Waals surface area contributed by atoms with Gasteiger partial charge in [0.25, 0.3) is 5.91 Å². The van der Waals surface area contributed by atoms with Crippen LogP contribution in [0, 0.1) is 5.82 Å². The van der Waals surface area contributed by atoms with E-state index in [0.29, 0.717) is 23.6 Å². The van der Waals surface area contributed by atoms with Gasteiger partial charge in [-0.05, 0) is 43.4 Å². The van der Waals surface area contributed by atoms with E-state index < -0.39 is 0 Å². The molecule has 4 nitrogen and oxygen atoms in total. The van der Waals surface area contributed by atoms with Crippen molar-refractivity contribution >= 4 is 17.4 Å². The quantitative estimate of drug-likeness (QED) is 0.804. The van der Waals surface area contributed by atoms with Gasteiger partial charge in [-0.2, -0.15) is 0 Å². The van der Waals surface area contributed by atoms with E-state index in [-0.39, 0.29) is 11.7 Å². The third-order valence-electron chi connectivity index (χ3n) is 4.50. The summed E-state index contributed by atoms with van der Waals surface area (Å²) in [5, 5.41) is 0. The number of carbonyl (C=O) groups excluding carboxylic acids is 1. The highest BCUT2D eigenvalue weighted by atomic mass is 19.1. The van der Waals surface area contributed by atoms with Gasteiger partial charge in [0.2, 0.25) is 0 Å². The molecule has 0 spiro atoms. The lowest BCUT2D eigenvalue weighted by Crippen LogP contribution is -2.38. The largest absolute Gasteiger partial charge is 0.302 e. The minimum atomic E-state index is -0.301. The summed E-state index contributed by atoms with van der Waals surface area (Å²) in [5.74, 6) is 0.313. The monoisotopic (exact) mass is 339 g/mol. The molecular formula is C20H22FN3O. The van der Waals surface area contributed by atoms with Crippen LogP contribution in [0.5, 0.6) is 0 Å². The molecule has 0 N–H and O–H groups in total. The fraction of sp³-hybridized carbons (Fsp3) is 0.300. The molecule has 3 rings (SSSR count). The molecule has 0 atom stereocenters. The van der Waals surface area contributed by atoms with Gasteiger partial charge in [-0.15, -0.1) is 0 Å². The Labute approximate surface area is 147 Å². The van der Waals surface area contributed by atoms with E-state index in [1.165, 1.54) is 12.1 Å². The van der Waals surface area contributed by atoms with Gasteiger partial charge in [0.1, 0.15) is 11.7 Å². The van der Waals surface area contributed by atoms with Gasteiger partial charge in [-0.25, -0.2) is 9.38 Å². The molecule has 1 aliphatic heterocycles. The Hall–Kier alpha value is -2.53. The molecule has 0 aromatic heterocycles. The number of hydrogen-bond acceptors (Lipinski definition) is 3. The molecule has 0 fully saturated rings. The van der Waals surface area contributed by atoms with Crippen molar-refractivity contribution < 1.29 is 9.18 Å². The van der Waals surface area contributed by atoms with Crippen LogP contribution < -0.4 is 0 Å². The first-order valence-electron chi connectivity index (χ1n) is 8.62. The van der Waals surface area contributed by atoms with E-state index in [1.807, 2.05) is 24.3 Å². The fourth-order valence-electron chi connectivity index (χ4n) is 3.00. The van der Waals surface area contributed by atoms with E-state index in [2.05, 4.69) is 23.7 Å². The summed E-state index contributed by atoms with van der Waals surface area (Å²) in [6.07, 6.45) is 0. The molecule has 5 heteroatoms. The standard InChI is InChI=1S/C20H22FN3O/c1-3-23(4-2)13-14-24-19(22-16-11-9-15(21)10-12-16)17-7-5-6-8-18(17)20(24)25/h5-12H,3-4,13-14H2,1-2H3. The van der Waals surface area contributed by atoms with Gasteiger partial charge in [0.15, 0.2) is 0 Å². The lowest BCUT2D eigenvalue weighted by atomic mass is 10.1. The molecular weight excluding hydrogens is 317 g/mol. The van der Waals surface area contributed by atoms with Crippen molar-refractivity contribution in [2.75, 3.05) is 26.2 Å². The minimum absolute atomic E-state index is 0.0244. The average Bonchev–Trinajstić information content (AvgIpc) is 2.90. The van der Waals surface area contributed by atoms with Crippen molar-refractivity contribution in [1.82, 2.24) is 9.80 Å². The summed E-state index contributed by atoms with van der Waals surface area (Å²) in [6.45, 7) is 7.46. The molecule has 0 unspecified atom stereocenters. The predicted molar refractivity (Wildman–Crippen MR) is 97.9 cm³/mol.